The van der Waals surface area contributed by atoms with Gasteiger partial charge in [-0.1, -0.05) is 0 Å². The number of rotatable bonds is 9. The van der Waals surface area contributed by atoms with E-state index < -0.39 is 36.0 Å². The highest BCUT2D eigenvalue weighted by Crippen LogP contribution is 2.24. The molecule has 186 valence electrons. The van der Waals surface area contributed by atoms with Crippen molar-refractivity contribution < 1.29 is 23.8 Å². The van der Waals surface area contributed by atoms with Crippen LogP contribution in [0.25, 0.3) is 16.9 Å². The van der Waals surface area contributed by atoms with E-state index in [-0.39, 0.29) is 17.8 Å². The van der Waals surface area contributed by atoms with Crippen molar-refractivity contribution in [1.82, 2.24) is 19.9 Å². The first kappa shape index (κ1) is 26.0. The number of nitrogens with one attached hydrogen (secondary N) is 2. The van der Waals surface area contributed by atoms with Crippen molar-refractivity contribution in [2.75, 3.05) is 18.4 Å². The molecule has 0 saturated heterocycles. The molecule has 3 heterocycles. The predicted octanol–water partition coefficient (Wildman–Crippen LogP) is 2.65. The van der Waals surface area contributed by atoms with Crippen LogP contribution >= 0.6 is 0 Å². The lowest BCUT2D eigenvalue weighted by Crippen LogP contribution is -2.42. The average Bonchev–Trinajstić information content (AvgIpc) is 3.22. The van der Waals surface area contributed by atoms with Gasteiger partial charge in [0, 0.05) is 36.6 Å². The molecule has 0 bridgehead atoms. The number of carbonyl (C=O) groups is 1. The van der Waals surface area contributed by atoms with E-state index in [1.54, 1.807) is 22.9 Å². The predicted molar refractivity (Wildman–Crippen MR) is 127 cm³/mol. The lowest BCUT2D eigenvalue weighted by Gasteiger charge is -2.24. The topological polar surface area (TPSA) is 136 Å². The zero-order chi connectivity index (χ0) is 26.0. The minimum absolute atomic E-state index is 0.0239. The highest BCUT2D eigenvalue weighted by Gasteiger charge is 2.29. The lowest BCUT2D eigenvalue weighted by molar-refractivity contribution is -0.00178. The van der Waals surface area contributed by atoms with E-state index in [1.807, 2.05) is 6.07 Å². The van der Waals surface area contributed by atoms with E-state index in [4.69, 9.17) is 5.26 Å². The molecule has 3 aromatic heterocycles. The SMILES string of the molecule is CC(C)(O)C(F)CNC(=O)c1cnc(-n2ccc3cc(C#N)cnc32)cc1NCC(F)C(C)(C)O. The Bertz CT molecular complexity index is 1260. The molecule has 0 fully saturated rings. The average molecular weight is 487 g/mol. The van der Waals surface area contributed by atoms with E-state index in [9.17, 15) is 23.8 Å². The molecule has 9 nitrogen and oxygen atoms in total. The molecule has 35 heavy (non-hydrogen) atoms. The standard InChI is InChI=1S/C24H28F2N6O3/c1-23(2,34)18(25)12-28-17-8-20(32-6-5-15-7-14(9-27)10-30-21(15)32)29-11-16(17)22(33)31-13-19(26)24(3,4)35/h5-8,10-11,18-19,34-35H,12-13H2,1-4H3,(H,28,29)(H,31,33). The Labute approximate surface area is 201 Å². The highest BCUT2D eigenvalue weighted by atomic mass is 19.1. The van der Waals surface area contributed by atoms with Crippen molar-refractivity contribution >= 4 is 22.6 Å². The molecule has 4 N–H and O–H groups in total. The maximum atomic E-state index is 14.4. The largest absolute Gasteiger partial charge is 0.387 e. The summed E-state index contributed by atoms with van der Waals surface area (Å²) in [6.07, 6.45) is 1.01. The van der Waals surface area contributed by atoms with Crippen LogP contribution in [0.4, 0.5) is 14.5 Å². The fraction of sp³-hybridized carbons (Fsp3) is 0.417. The molecule has 0 saturated carbocycles. The third-order valence-corrected chi connectivity index (χ3v) is 5.48. The molecular weight excluding hydrogens is 458 g/mol. The van der Waals surface area contributed by atoms with Crippen LogP contribution in [0.15, 0.2) is 36.8 Å². The Balaban J connectivity index is 1.95. The summed E-state index contributed by atoms with van der Waals surface area (Å²) in [4.78, 5) is 21.4. The molecule has 0 aliphatic rings. The summed E-state index contributed by atoms with van der Waals surface area (Å²) in [6, 6.07) is 6.96. The Morgan fingerprint density at radius 2 is 1.77 bits per heavy atom. The van der Waals surface area contributed by atoms with Crippen LogP contribution in [0.5, 0.6) is 0 Å². The number of carbonyl (C=O) groups excluding carboxylic acids is 1. The van der Waals surface area contributed by atoms with Crippen molar-refractivity contribution in [2.24, 2.45) is 0 Å². The molecule has 3 rings (SSSR count). The second-order valence-corrected chi connectivity index (χ2v) is 9.36. The maximum absolute atomic E-state index is 14.4. The molecule has 0 aromatic carbocycles. The summed E-state index contributed by atoms with van der Waals surface area (Å²) in [5.74, 6) is -0.318. The quantitative estimate of drug-likeness (QED) is 0.365. The summed E-state index contributed by atoms with van der Waals surface area (Å²) in [5.41, 5.74) is -2.11. The van der Waals surface area contributed by atoms with Gasteiger partial charge >= 0.3 is 0 Å². The summed E-state index contributed by atoms with van der Waals surface area (Å²) in [5, 5.41) is 34.7. The molecule has 3 aromatic rings. The Morgan fingerprint density at radius 1 is 1.11 bits per heavy atom. The monoisotopic (exact) mass is 486 g/mol. The number of aliphatic hydroxyl groups is 2. The molecule has 11 heteroatoms. The number of anilines is 1. The first-order valence-electron chi connectivity index (χ1n) is 10.9. The Morgan fingerprint density at radius 3 is 2.40 bits per heavy atom. The van der Waals surface area contributed by atoms with Gasteiger partial charge in [-0.25, -0.2) is 18.7 Å². The number of hydrogen-bond acceptors (Lipinski definition) is 7. The Hall–Kier alpha value is -3.62. The summed E-state index contributed by atoms with van der Waals surface area (Å²) in [6.45, 7) is 4.50. The fourth-order valence-electron chi connectivity index (χ4n) is 3.15. The van der Waals surface area contributed by atoms with E-state index in [0.29, 0.717) is 22.4 Å². The van der Waals surface area contributed by atoms with Crippen molar-refractivity contribution in [3.05, 3.63) is 47.9 Å². The first-order valence-corrected chi connectivity index (χ1v) is 10.9. The number of hydrogen-bond donors (Lipinski definition) is 4. The normalized spacial score (nSPS) is 13.8. The smallest absolute Gasteiger partial charge is 0.255 e. The molecular formula is C24H28F2N6O3. The van der Waals surface area contributed by atoms with Gasteiger partial charge in [-0.3, -0.25) is 9.36 Å². The Kier molecular flexibility index (Phi) is 7.38. The summed E-state index contributed by atoms with van der Waals surface area (Å²) in [7, 11) is 0. The lowest BCUT2D eigenvalue weighted by atomic mass is 10.0. The number of alkyl halides is 2. The van der Waals surface area contributed by atoms with Crippen LogP contribution in [0.1, 0.15) is 43.6 Å². The number of fused-ring (bicyclic) bond motifs is 1. The van der Waals surface area contributed by atoms with Gasteiger partial charge in [0.05, 0.1) is 34.6 Å². The molecule has 1 amide bonds. The van der Waals surface area contributed by atoms with Gasteiger partial charge in [0.25, 0.3) is 5.91 Å². The number of nitrogens with zero attached hydrogens (tertiary/aromatic N) is 4. The minimum Gasteiger partial charge on any atom is -0.387 e. The van der Waals surface area contributed by atoms with E-state index in [1.165, 1.54) is 46.2 Å². The van der Waals surface area contributed by atoms with Crippen LogP contribution < -0.4 is 10.6 Å². The van der Waals surface area contributed by atoms with Crippen LogP contribution in [-0.2, 0) is 0 Å². The first-order chi connectivity index (χ1) is 16.3. The number of amides is 1. The van der Waals surface area contributed by atoms with Gasteiger partial charge in [0.1, 0.15) is 29.9 Å². The third-order valence-electron chi connectivity index (χ3n) is 5.48. The second kappa shape index (κ2) is 9.93. The van der Waals surface area contributed by atoms with Gasteiger partial charge < -0.3 is 20.8 Å². The summed E-state index contributed by atoms with van der Waals surface area (Å²) >= 11 is 0. The highest BCUT2D eigenvalue weighted by molar-refractivity contribution is 5.99. The number of halogens is 2. The number of nitriles is 1. The van der Waals surface area contributed by atoms with Crippen molar-refractivity contribution in [2.45, 2.75) is 51.2 Å². The van der Waals surface area contributed by atoms with E-state index >= 15 is 0 Å². The van der Waals surface area contributed by atoms with Crippen molar-refractivity contribution in [3.63, 3.8) is 0 Å². The molecule has 0 spiro atoms. The van der Waals surface area contributed by atoms with Gasteiger partial charge in [-0.2, -0.15) is 5.26 Å². The zero-order valence-electron chi connectivity index (χ0n) is 19.9. The molecule has 0 radical (unpaired) electrons. The van der Waals surface area contributed by atoms with Crippen LogP contribution in [-0.4, -0.2) is 67.3 Å². The third kappa shape index (κ3) is 6.09. The molecule has 2 unspecified atom stereocenters. The van der Waals surface area contributed by atoms with Crippen LogP contribution in [0.3, 0.4) is 0 Å². The van der Waals surface area contributed by atoms with Gasteiger partial charge in [0.2, 0.25) is 0 Å². The van der Waals surface area contributed by atoms with Crippen LogP contribution in [0.2, 0.25) is 0 Å². The molecule has 2 atom stereocenters. The summed E-state index contributed by atoms with van der Waals surface area (Å²) < 4.78 is 30.2. The van der Waals surface area contributed by atoms with Gasteiger partial charge in [-0.15, -0.1) is 0 Å². The number of pyridine rings is 2. The molecule has 0 aliphatic heterocycles. The van der Waals surface area contributed by atoms with E-state index in [0.717, 1.165) is 0 Å². The zero-order valence-corrected chi connectivity index (χ0v) is 19.9. The minimum atomic E-state index is -1.71. The molecule has 0 aliphatic carbocycles. The van der Waals surface area contributed by atoms with Gasteiger partial charge in [0.15, 0.2) is 0 Å². The van der Waals surface area contributed by atoms with Gasteiger partial charge in [-0.05, 0) is 39.8 Å². The fourth-order valence-corrected chi connectivity index (χ4v) is 3.15. The van der Waals surface area contributed by atoms with Crippen LogP contribution in [0, 0.1) is 11.3 Å². The second-order valence-electron chi connectivity index (χ2n) is 9.36. The number of aromatic nitrogens is 3. The maximum Gasteiger partial charge on any atom is 0.255 e. The van der Waals surface area contributed by atoms with Crippen molar-refractivity contribution in [1.29, 1.82) is 5.26 Å². The van der Waals surface area contributed by atoms with Crippen molar-refractivity contribution in [3.8, 4) is 11.9 Å². The van der Waals surface area contributed by atoms with E-state index in [2.05, 4.69) is 20.6 Å².